The second kappa shape index (κ2) is 3.99. The maximum absolute atomic E-state index is 11.7. The topological polar surface area (TPSA) is 89.7 Å². The molecule has 9 heteroatoms. The van der Waals surface area contributed by atoms with E-state index in [9.17, 15) is 27.6 Å². The fourth-order valence-corrected chi connectivity index (χ4v) is 1.04. The number of likely N-dealkylation sites (tertiary alicyclic amines) is 1. The van der Waals surface area contributed by atoms with E-state index in [1.54, 1.807) is 0 Å². The Labute approximate surface area is 87.1 Å². The number of primary amides is 1. The zero-order valence-corrected chi connectivity index (χ0v) is 7.78. The lowest BCUT2D eigenvalue weighted by molar-refractivity contribution is -0.204. The van der Waals surface area contributed by atoms with Gasteiger partial charge in [0.05, 0.1) is 5.92 Å². The fourth-order valence-electron chi connectivity index (χ4n) is 1.04. The molecule has 1 aliphatic heterocycles. The maximum atomic E-state index is 11.7. The van der Waals surface area contributed by atoms with E-state index in [0.29, 0.717) is 0 Å². The van der Waals surface area contributed by atoms with E-state index in [4.69, 9.17) is 5.73 Å². The molecule has 16 heavy (non-hydrogen) atoms. The molecular formula is C7H7F3N2O4. The van der Waals surface area contributed by atoms with Gasteiger partial charge in [0.15, 0.2) is 0 Å². The molecule has 1 aliphatic rings. The van der Waals surface area contributed by atoms with Gasteiger partial charge >= 0.3 is 24.1 Å². The first-order valence-corrected chi connectivity index (χ1v) is 4.09. The van der Waals surface area contributed by atoms with Crippen molar-refractivity contribution in [3.8, 4) is 0 Å². The zero-order chi connectivity index (χ0) is 12.5. The van der Waals surface area contributed by atoms with Crippen molar-refractivity contribution in [1.29, 1.82) is 0 Å². The Balaban J connectivity index is 2.39. The zero-order valence-electron chi connectivity index (χ0n) is 7.78. The van der Waals surface area contributed by atoms with Gasteiger partial charge in [0.1, 0.15) is 0 Å². The van der Waals surface area contributed by atoms with Gasteiger partial charge in [0, 0.05) is 13.1 Å². The van der Waals surface area contributed by atoms with Crippen molar-refractivity contribution >= 4 is 18.0 Å². The number of carbonyl (C=O) groups excluding carboxylic acids is 3. The molecule has 1 fully saturated rings. The van der Waals surface area contributed by atoms with Crippen LogP contribution in [0.2, 0.25) is 0 Å². The average molecular weight is 240 g/mol. The number of ether oxygens (including phenoxy) is 1. The monoisotopic (exact) mass is 240 g/mol. The Morgan fingerprint density at radius 1 is 1.25 bits per heavy atom. The Bertz CT molecular complexity index is 335. The highest BCUT2D eigenvalue weighted by atomic mass is 19.4. The number of amides is 2. The van der Waals surface area contributed by atoms with Gasteiger partial charge in [-0.25, -0.2) is 9.59 Å². The quantitative estimate of drug-likeness (QED) is 0.500. The van der Waals surface area contributed by atoms with E-state index >= 15 is 0 Å². The molecule has 0 aromatic heterocycles. The molecular weight excluding hydrogens is 233 g/mol. The lowest BCUT2D eigenvalue weighted by Crippen LogP contribution is -2.55. The minimum atomic E-state index is -5.21. The summed E-state index contributed by atoms with van der Waals surface area (Å²) in [7, 11) is 0. The minimum Gasteiger partial charge on any atom is -0.386 e. The summed E-state index contributed by atoms with van der Waals surface area (Å²) in [4.78, 5) is 32.7. The van der Waals surface area contributed by atoms with Gasteiger partial charge in [0.2, 0.25) is 0 Å². The number of carbonyl (C=O) groups is 3. The van der Waals surface area contributed by atoms with Crippen LogP contribution in [0.3, 0.4) is 0 Å². The van der Waals surface area contributed by atoms with Crippen LogP contribution in [0, 0.1) is 5.92 Å². The van der Waals surface area contributed by atoms with E-state index in [0.717, 1.165) is 4.90 Å². The van der Waals surface area contributed by atoms with Gasteiger partial charge in [-0.1, -0.05) is 0 Å². The third-order valence-electron chi connectivity index (χ3n) is 1.95. The second-order valence-electron chi connectivity index (χ2n) is 3.15. The van der Waals surface area contributed by atoms with Gasteiger partial charge in [-0.3, -0.25) is 4.79 Å². The van der Waals surface area contributed by atoms with Crippen LogP contribution in [-0.2, 0) is 14.3 Å². The maximum Gasteiger partial charge on any atom is 0.491 e. The predicted octanol–water partition coefficient (Wildman–Crippen LogP) is -0.371. The lowest BCUT2D eigenvalue weighted by atomic mass is 10.0. The third-order valence-corrected chi connectivity index (χ3v) is 1.95. The standard InChI is InChI=1S/C7H7F3N2O4/c8-7(9,10)5(14)16-4(13)3-1-12(2-3)6(11)15/h3H,1-2H2,(H2,11,15). The lowest BCUT2D eigenvalue weighted by Gasteiger charge is -2.35. The molecule has 90 valence electrons. The van der Waals surface area contributed by atoms with E-state index in [2.05, 4.69) is 4.74 Å². The largest absolute Gasteiger partial charge is 0.491 e. The highest BCUT2D eigenvalue weighted by Crippen LogP contribution is 2.20. The molecule has 2 N–H and O–H groups in total. The van der Waals surface area contributed by atoms with Crippen molar-refractivity contribution in [2.24, 2.45) is 11.7 Å². The Hall–Kier alpha value is -1.80. The smallest absolute Gasteiger partial charge is 0.386 e. The molecule has 0 aromatic rings. The summed E-state index contributed by atoms with van der Waals surface area (Å²) < 4.78 is 38.6. The van der Waals surface area contributed by atoms with Crippen molar-refractivity contribution in [3.63, 3.8) is 0 Å². The molecule has 0 atom stereocenters. The molecule has 0 radical (unpaired) electrons. The van der Waals surface area contributed by atoms with Crippen LogP contribution in [0.4, 0.5) is 18.0 Å². The van der Waals surface area contributed by atoms with Crippen molar-refractivity contribution in [1.82, 2.24) is 4.90 Å². The van der Waals surface area contributed by atoms with Gasteiger partial charge in [-0.05, 0) is 0 Å². The summed E-state index contributed by atoms with van der Waals surface area (Å²) in [6, 6.07) is -0.786. The number of nitrogens with zero attached hydrogens (tertiary/aromatic N) is 1. The highest BCUT2D eigenvalue weighted by molar-refractivity contribution is 5.90. The number of hydrogen-bond donors (Lipinski definition) is 1. The van der Waals surface area contributed by atoms with E-state index in [1.807, 2.05) is 0 Å². The van der Waals surface area contributed by atoms with Crippen molar-refractivity contribution in [3.05, 3.63) is 0 Å². The highest BCUT2D eigenvalue weighted by Gasteiger charge is 2.45. The number of nitrogens with two attached hydrogens (primary N) is 1. The van der Waals surface area contributed by atoms with Gasteiger partial charge < -0.3 is 15.4 Å². The number of halogens is 3. The molecule has 0 aliphatic carbocycles. The van der Waals surface area contributed by atoms with Gasteiger partial charge in [-0.15, -0.1) is 0 Å². The third kappa shape index (κ3) is 2.61. The van der Waals surface area contributed by atoms with Crippen LogP contribution >= 0.6 is 0 Å². The SMILES string of the molecule is NC(=O)N1CC(C(=O)OC(=O)C(F)(F)F)C1. The number of alkyl halides is 3. The summed E-state index contributed by atoms with van der Waals surface area (Å²) in [5.74, 6) is -4.80. The van der Waals surface area contributed by atoms with Crippen molar-refractivity contribution < 1.29 is 32.3 Å². The van der Waals surface area contributed by atoms with Crippen LogP contribution < -0.4 is 5.73 Å². The summed E-state index contributed by atoms with van der Waals surface area (Å²) >= 11 is 0. The predicted molar refractivity (Wildman–Crippen MR) is 41.8 cm³/mol. The molecule has 0 aromatic carbocycles. The van der Waals surface area contributed by atoms with E-state index in [1.165, 1.54) is 0 Å². The summed E-state index contributed by atoms with van der Waals surface area (Å²) in [5, 5.41) is 0. The molecule has 1 heterocycles. The first-order chi connectivity index (χ1) is 7.21. The molecule has 0 saturated carbocycles. The second-order valence-corrected chi connectivity index (χ2v) is 3.15. The molecule has 6 nitrogen and oxygen atoms in total. The molecule has 0 bridgehead atoms. The summed E-state index contributed by atoms with van der Waals surface area (Å²) in [6.07, 6.45) is -5.21. The summed E-state index contributed by atoms with van der Waals surface area (Å²) in [6.45, 7) is -0.279. The van der Waals surface area contributed by atoms with Crippen molar-refractivity contribution in [2.45, 2.75) is 6.18 Å². The van der Waals surface area contributed by atoms with Crippen molar-refractivity contribution in [2.75, 3.05) is 13.1 Å². The van der Waals surface area contributed by atoms with Gasteiger partial charge in [-0.2, -0.15) is 13.2 Å². The molecule has 0 unspecified atom stereocenters. The van der Waals surface area contributed by atoms with Crippen LogP contribution in [0.1, 0.15) is 0 Å². The normalized spacial score (nSPS) is 16.6. The van der Waals surface area contributed by atoms with Crippen LogP contribution in [-0.4, -0.2) is 42.1 Å². The fraction of sp³-hybridized carbons (Fsp3) is 0.571. The van der Waals surface area contributed by atoms with E-state index in [-0.39, 0.29) is 13.1 Å². The molecule has 2 amide bonds. The van der Waals surface area contributed by atoms with Gasteiger partial charge in [0.25, 0.3) is 0 Å². The molecule has 0 spiro atoms. The Morgan fingerprint density at radius 3 is 2.12 bits per heavy atom. The number of urea groups is 1. The molecule has 1 rings (SSSR count). The van der Waals surface area contributed by atoms with Crippen LogP contribution in [0.15, 0.2) is 0 Å². The molecule has 1 saturated heterocycles. The minimum absolute atomic E-state index is 0.140. The van der Waals surface area contributed by atoms with Crippen LogP contribution in [0.5, 0.6) is 0 Å². The average Bonchev–Trinajstić information content (AvgIpc) is 1.97. The number of hydrogen-bond acceptors (Lipinski definition) is 4. The summed E-state index contributed by atoms with van der Waals surface area (Å²) in [5.41, 5.74) is 4.82. The Kier molecular flexibility index (Phi) is 3.06. The number of rotatable bonds is 1. The Morgan fingerprint density at radius 2 is 1.75 bits per heavy atom. The van der Waals surface area contributed by atoms with Crippen LogP contribution in [0.25, 0.3) is 0 Å². The number of esters is 2. The first kappa shape index (κ1) is 12.3. The first-order valence-electron chi connectivity index (χ1n) is 4.09. The van der Waals surface area contributed by atoms with E-state index < -0.39 is 30.1 Å².